The maximum absolute atomic E-state index is 10.8. The van der Waals surface area contributed by atoms with E-state index in [1.165, 1.54) is 25.0 Å². The highest BCUT2D eigenvalue weighted by Crippen LogP contribution is 2.07. The number of nitrogens with two attached hydrogens (primary N) is 2. The SMILES string of the molecule is CCCCN.CCCCN=C=O.CCCCNC1=NCC(=O)N1.CCCCNc1cc(=O)[nH]c(=O)[nH]1.ClCCl.NC(=O)CN=PP.O=c1cc(Cl)[nH]c(=O)[nH]1. The Labute approximate surface area is 339 Å². The Bertz CT molecular complexity index is 1540. The van der Waals surface area contributed by atoms with Gasteiger partial charge in [0.15, 0.2) is 5.96 Å². The number of aliphatic imine (C=N–C) groups is 2. The van der Waals surface area contributed by atoms with Crippen molar-refractivity contribution in [1.82, 2.24) is 30.6 Å². The molecule has 3 heterocycles. The van der Waals surface area contributed by atoms with Crippen LogP contribution < -0.4 is 49.9 Å². The second-order valence-corrected chi connectivity index (χ2v) is 12.6. The first kappa shape index (κ1) is 58.0. The van der Waals surface area contributed by atoms with Crippen molar-refractivity contribution in [1.29, 1.82) is 0 Å². The molecule has 0 saturated heterocycles. The first-order valence-electron chi connectivity index (χ1n) is 17.1. The lowest BCUT2D eigenvalue weighted by atomic mass is 10.3. The van der Waals surface area contributed by atoms with Gasteiger partial charge in [-0.15, -0.1) is 23.2 Å². The van der Waals surface area contributed by atoms with E-state index in [1.54, 1.807) is 0 Å². The molecule has 1 unspecified atom stereocenters. The van der Waals surface area contributed by atoms with Crippen LogP contribution >= 0.6 is 51.8 Å². The Kier molecular flexibility index (Phi) is 47.2. The molecule has 2 aromatic heterocycles. The van der Waals surface area contributed by atoms with E-state index in [-0.39, 0.29) is 41.0 Å². The Balaban J connectivity index is -0.000000287. The number of aromatic amines is 4. The van der Waals surface area contributed by atoms with Gasteiger partial charge in [0.25, 0.3) is 11.1 Å². The first-order valence-corrected chi connectivity index (χ1v) is 21.0. The van der Waals surface area contributed by atoms with Crippen LogP contribution in [-0.4, -0.2) is 88.4 Å². The number of hydrogen-bond donors (Lipinski definition) is 9. The number of isocyanates is 1. The molecule has 11 N–H and O–H groups in total. The Morgan fingerprint density at radius 1 is 0.891 bits per heavy atom. The highest BCUT2D eigenvalue weighted by molar-refractivity contribution is 7.97. The Morgan fingerprint density at radius 3 is 1.78 bits per heavy atom. The van der Waals surface area contributed by atoms with Crippen LogP contribution in [0.3, 0.4) is 0 Å². The molecule has 2 aromatic rings. The second-order valence-electron chi connectivity index (χ2n) is 10.2. The first-order chi connectivity index (χ1) is 26.2. The number of nitrogens with one attached hydrogen (secondary N) is 7. The van der Waals surface area contributed by atoms with Gasteiger partial charge in [-0.2, -0.15) is 0 Å². The van der Waals surface area contributed by atoms with Gasteiger partial charge in [0.1, 0.15) is 24.1 Å². The summed E-state index contributed by atoms with van der Waals surface area (Å²) in [5.41, 5.74) is 7.92. The minimum Gasteiger partial charge on any atom is -0.371 e. The number of alkyl halides is 2. The van der Waals surface area contributed by atoms with Crippen molar-refractivity contribution in [3.8, 4) is 0 Å². The van der Waals surface area contributed by atoms with E-state index >= 15 is 0 Å². The molecule has 0 aromatic carbocycles. The molecule has 3 rings (SSSR count). The number of aromatic nitrogens is 4. The molecule has 19 nitrogen and oxygen atoms in total. The van der Waals surface area contributed by atoms with E-state index in [0.29, 0.717) is 18.3 Å². The molecule has 2 amide bonds. The van der Waals surface area contributed by atoms with Gasteiger partial charge >= 0.3 is 11.4 Å². The van der Waals surface area contributed by atoms with Crippen LogP contribution in [0.15, 0.2) is 46.0 Å². The molecule has 24 heteroatoms. The van der Waals surface area contributed by atoms with E-state index in [1.807, 2.05) is 4.98 Å². The molecule has 0 fully saturated rings. The monoisotopic (exact) mass is 876 g/mol. The van der Waals surface area contributed by atoms with Crippen molar-refractivity contribution in [2.75, 3.05) is 49.9 Å². The number of H-pyrrole nitrogens is 4. The maximum Gasteiger partial charge on any atom is 0.327 e. The summed E-state index contributed by atoms with van der Waals surface area (Å²) in [4.78, 5) is 88.2. The minimum atomic E-state index is -0.590. The summed E-state index contributed by atoms with van der Waals surface area (Å²) >= 11 is 14.8. The number of carbonyl (C=O) groups excluding carboxylic acids is 3. The van der Waals surface area contributed by atoms with Crippen LogP contribution in [0.1, 0.15) is 79.1 Å². The fourth-order valence-corrected chi connectivity index (χ4v) is 3.50. The smallest absolute Gasteiger partial charge is 0.327 e. The molecule has 1 aliphatic rings. The summed E-state index contributed by atoms with van der Waals surface area (Å²) in [5, 5.41) is 8.83. The van der Waals surface area contributed by atoms with E-state index in [0.717, 1.165) is 72.3 Å². The average molecular weight is 878 g/mol. The second kappa shape index (κ2) is 44.7. The van der Waals surface area contributed by atoms with E-state index in [9.17, 15) is 33.6 Å². The number of halogens is 3. The summed E-state index contributed by atoms with van der Waals surface area (Å²) in [5.74, 6) is 0.699. The van der Waals surface area contributed by atoms with Crippen LogP contribution in [0.4, 0.5) is 5.82 Å². The molecule has 0 bridgehead atoms. The third-order valence-electron chi connectivity index (χ3n) is 5.35. The van der Waals surface area contributed by atoms with Gasteiger partial charge in [0.2, 0.25) is 17.9 Å². The topological polar surface area (TPSA) is 308 Å². The zero-order valence-corrected chi connectivity index (χ0v) is 36.1. The summed E-state index contributed by atoms with van der Waals surface area (Å²) in [7, 11) is 3.12. The van der Waals surface area contributed by atoms with E-state index in [2.05, 4.69) is 82.3 Å². The standard InChI is InChI=1S/C8H13N3O2.C7H13N3O.C5H9NO.C4H3ClN2O2.C4H11N.C2H6N2OP2.CH2Cl2/c1-2-3-4-9-6-5-7(12)11-8(13)10-6;1-2-3-4-8-7-9-5-6(11)10-7;1-2-3-4-6-5-7;5-2-1-3(8)7-4(9)6-2;1-2-3-4-5;3-2(5)1-4-7-6;2-1-3/h5H,2-4H2,1H3,(H3,9,10,11,12,13);2-5H2,1H3,(H2,8,9,10,11);2-4H2,1H3;1H,(H2,6,7,8,9);2-5H2,1H3;1,6H2,(H2,3,5);1H2. The number of hydrogen-bond acceptors (Lipinski definition) is 13. The van der Waals surface area contributed by atoms with E-state index in [4.69, 9.17) is 46.3 Å². The van der Waals surface area contributed by atoms with Crippen molar-refractivity contribution in [2.45, 2.75) is 79.1 Å². The maximum atomic E-state index is 10.8. The number of anilines is 1. The van der Waals surface area contributed by atoms with Crippen LogP contribution in [0.2, 0.25) is 5.15 Å². The predicted octanol–water partition coefficient (Wildman–Crippen LogP) is 3.53. The zero-order valence-electron chi connectivity index (χ0n) is 31.8. The highest BCUT2D eigenvalue weighted by Gasteiger charge is 2.11. The quantitative estimate of drug-likeness (QED) is 0.0332. The van der Waals surface area contributed by atoms with Gasteiger partial charge in [0.05, 0.1) is 11.9 Å². The van der Waals surface area contributed by atoms with Crippen molar-refractivity contribution >= 4 is 81.5 Å². The molecule has 1 aliphatic heterocycles. The highest BCUT2D eigenvalue weighted by atomic mass is 35.5. The number of carbonyl (C=O) groups is 2. The lowest BCUT2D eigenvalue weighted by Crippen LogP contribution is -2.36. The van der Waals surface area contributed by atoms with Crippen molar-refractivity contribution < 1.29 is 14.4 Å². The lowest BCUT2D eigenvalue weighted by Gasteiger charge is -2.02. The predicted molar refractivity (Wildman–Crippen MR) is 229 cm³/mol. The Hall–Kier alpha value is -3.69. The van der Waals surface area contributed by atoms with E-state index < -0.39 is 16.9 Å². The minimum absolute atomic E-state index is 0.0241. The van der Waals surface area contributed by atoms with Crippen LogP contribution in [0.5, 0.6) is 0 Å². The van der Waals surface area contributed by atoms with Crippen LogP contribution in [0, 0.1) is 0 Å². The third-order valence-corrected chi connectivity index (χ3v) is 6.35. The van der Waals surface area contributed by atoms with Gasteiger partial charge in [-0.25, -0.2) is 24.4 Å². The number of guanidine groups is 1. The molecule has 314 valence electrons. The fraction of sp³-hybridized carbons (Fsp3) is 0.613. The van der Waals surface area contributed by atoms with Gasteiger partial charge in [-0.1, -0.05) is 73.9 Å². The third kappa shape index (κ3) is 48.3. The average Bonchev–Trinajstić information content (AvgIpc) is 3.53. The van der Waals surface area contributed by atoms with Crippen LogP contribution in [0.25, 0.3) is 0 Å². The normalized spacial score (nSPS) is 10.4. The lowest BCUT2D eigenvalue weighted by molar-refractivity contribution is -0.118. The molecule has 55 heavy (non-hydrogen) atoms. The summed E-state index contributed by atoms with van der Waals surface area (Å²) in [6, 6.07) is 2.42. The largest absolute Gasteiger partial charge is 0.371 e. The fourth-order valence-electron chi connectivity index (χ4n) is 2.85. The summed E-state index contributed by atoms with van der Waals surface area (Å²) in [6.45, 7) is 11.9. The zero-order chi connectivity index (χ0) is 42.7. The molecule has 0 radical (unpaired) electrons. The number of unbranched alkanes of at least 4 members (excludes halogenated alkanes) is 4. The summed E-state index contributed by atoms with van der Waals surface area (Å²) < 4.78 is 3.63. The van der Waals surface area contributed by atoms with Crippen LogP contribution in [-0.2, 0) is 14.4 Å². The molecular formula is C31H57Cl3N12O7P2. The van der Waals surface area contributed by atoms with Gasteiger partial charge < -0.3 is 22.1 Å². The molecule has 1 atom stereocenters. The summed E-state index contributed by atoms with van der Waals surface area (Å²) in [6.07, 6.45) is 10.3. The molecule has 0 spiro atoms. The van der Waals surface area contributed by atoms with Gasteiger partial charge in [-0.05, 0) is 32.2 Å². The number of primary amides is 1. The van der Waals surface area contributed by atoms with Crippen molar-refractivity contribution in [2.24, 2.45) is 26.2 Å². The number of nitrogens with zero attached hydrogens (tertiary/aromatic N) is 3. The number of amides is 2. The molecule has 0 saturated carbocycles. The van der Waals surface area contributed by atoms with Gasteiger partial charge in [0, 0.05) is 33.3 Å². The molecular weight excluding hydrogens is 821 g/mol. The molecule has 0 aliphatic carbocycles. The number of rotatable bonds is 14. The Morgan fingerprint density at radius 2 is 1.42 bits per heavy atom. The van der Waals surface area contributed by atoms with Crippen molar-refractivity contribution in [3.63, 3.8) is 0 Å². The van der Waals surface area contributed by atoms with Crippen molar-refractivity contribution in [3.05, 3.63) is 59.0 Å². The van der Waals surface area contributed by atoms with Gasteiger partial charge in [-0.3, -0.25) is 49.2 Å².